The van der Waals surface area contributed by atoms with Gasteiger partial charge in [0.2, 0.25) is 0 Å². The van der Waals surface area contributed by atoms with Gasteiger partial charge in [0.05, 0.1) is 0 Å². The van der Waals surface area contributed by atoms with Crippen LogP contribution in [0.15, 0.2) is 35.4 Å². The standard InChI is InChI=1S/C22H32O2/c1-16(2)8-6-9-17(3)10-7-12-22(5)13-11-19-20(23)14-18(4)15-21(19)24-22/h8,10,14-15,23H,6-7,9,11-13H2,1-5H3. The van der Waals surface area contributed by atoms with E-state index in [9.17, 15) is 5.11 Å². The summed E-state index contributed by atoms with van der Waals surface area (Å²) in [7, 11) is 0. The van der Waals surface area contributed by atoms with Crippen LogP contribution in [0.4, 0.5) is 0 Å². The number of phenols is 1. The molecule has 2 heteroatoms. The second-order valence-corrected chi connectivity index (χ2v) is 7.72. The van der Waals surface area contributed by atoms with Crippen molar-refractivity contribution in [2.24, 2.45) is 0 Å². The number of rotatable bonds is 6. The molecule has 24 heavy (non-hydrogen) atoms. The number of aryl methyl sites for hydroxylation is 1. The Labute approximate surface area is 147 Å². The zero-order valence-electron chi connectivity index (χ0n) is 15.9. The third-order valence-corrected chi connectivity index (χ3v) is 4.85. The first-order chi connectivity index (χ1) is 11.3. The Kier molecular flexibility index (Phi) is 6.15. The number of hydrogen-bond acceptors (Lipinski definition) is 2. The average Bonchev–Trinajstić information content (AvgIpc) is 2.45. The minimum Gasteiger partial charge on any atom is -0.508 e. The summed E-state index contributed by atoms with van der Waals surface area (Å²) >= 11 is 0. The monoisotopic (exact) mass is 328 g/mol. The van der Waals surface area contributed by atoms with E-state index in [0.29, 0.717) is 5.75 Å². The van der Waals surface area contributed by atoms with Crippen LogP contribution in [-0.4, -0.2) is 10.7 Å². The maximum absolute atomic E-state index is 10.1. The number of phenolic OH excluding ortho intramolecular Hbond substituents is 1. The van der Waals surface area contributed by atoms with Crippen molar-refractivity contribution < 1.29 is 9.84 Å². The van der Waals surface area contributed by atoms with E-state index in [1.165, 1.54) is 11.1 Å². The fourth-order valence-electron chi connectivity index (χ4n) is 3.30. The molecule has 0 radical (unpaired) electrons. The number of ether oxygens (including phenoxy) is 1. The van der Waals surface area contributed by atoms with Crippen LogP contribution < -0.4 is 4.74 Å². The van der Waals surface area contributed by atoms with E-state index < -0.39 is 0 Å². The van der Waals surface area contributed by atoms with E-state index in [-0.39, 0.29) is 5.60 Å². The fraction of sp³-hybridized carbons (Fsp3) is 0.545. The first-order valence-electron chi connectivity index (χ1n) is 9.09. The lowest BCUT2D eigenvalue weighted by Crippen LogP contribution is -2.36. The molecule has 0 saturated carbocycles. The quantitative estimate of drug-likeness (QED) is 0.625. The van der Waals surface area contributed by atoms with Crippen LogP contribution in [-0.2, 0) is 6.42 Å². The van der Waals surface area contributed by atoms with E-state index in [1.54, 1.807) is 0 Å². The smallest absolute Gasteiger partial charge is 0.127 e. The molecule has 2 nitrogen and oxygen atoms in total. The summed E-state index contributed by atoms with van der Waals surface area (Å²) in [5, 5.41) is 10.1. The van der Waals surface area contributed by atoms with Gasteiger partial charge in [0, 0.05) is 5.56 Å². The molecule has 1 atom stereocenters. The van der Waals surface area contributed by atoms with E-state index in [0.717, 1.165) is 55.4 Å². The minimum absolute atomic E-state index is 0.135. The molecule has 1 aliphatic heterocycles. The van der Waals surface area contributed by atoms with Gasteiger partial charge in [-0.1, -0.05) is 23.3 Å². The van der Waals surface area contributed by atoms with Gasteiger partial charge in [-0.2, -0.15) is 0 Å². The number of allylic oxidation sites excluding steroid dienone is 4. The van der Waals surface area contributed by atoms with E-state index in [1.807, 2.05) is 19.1 Å². The molecule has 0 saturated heterocycles. The zero-order valence-corrected chi connectivity index (χ0v) is 15.9. The lowest BCUT2D eigenvalue weighted by atomic mass is 9.87. The molecule has 1 aromatic carbocycles. The normalized spacial score (nSPS) is 20.3. The van der Waals surface area contributed by atoms with Gasteiger partial charge in [-0.15, -0.1) is 0 Å². The third kappa shape index (κ3) is 5.15. The zero-order chi connectivity index (χ0) is 17.7. The highest BCUT2D eigenvalue weighted by molar-refractivity contribution is 5.48. The Balaban J connectivity index is 1.92. The van der Waals surface area contributed by atoms with Gasteiger partial charge >= 0.3 is 0 Å². The summed E-state index contributed by atoms with van der Waals surface area (Å²) in [6.07, 6.45) is 10.8. The highest BCUT2D eigenvalue weighted by Crippen LogP contribution is 2.40. The predicted molar refractivity (Wildman–Crippen MR) is 102 cm³/mol. The summed E-state index contributed by atoms with van der Waals surface area (Å²) in [6.45, 7) is 10.7. The lowest BCUT2D eigenvalue weighted by Gasteiger charge is -2.36. The van der Waals surface area contributed by atoms with Crippen molar-refractivity contribution in [2.45, 2.75) is 78.7 Å². The average molecular weight is 328 g/mol. The summed E-state index contributed by atoms with van der Waals surface area (Å²) in [5.41, 5.74) is 4.73. The number of benzene rings is 1. The summed E-state index contributed by atoms with van der Waals surface area (Å²) < 4.78 is 6.28. The van der Waals surface area contributed by atoms with Gasteiger partial charge in [0.1, 0.15) is 17.1 Å². The summed E-state index contributed by atoms with van der Waals surface area (Å²) in [4.78, 5) is 0. The molecule has 1 aromatic rings. The molecular formula is C22H32O2. The Bertz CT molecular complexity index is 636. The van der Waals surface area contributed by atoms with Crippen molar-refractivity contribution in [3.05, 3.63) is 46.6 Å². The fourth-order valence-corrected chi connectivity index (χ4v) is 3.30. The van der Waals surface area contributed by atoms with Gasteiger partial charge in [-0.05, 0) is 90.8 Å². The van der Waals surface area contributed by atoms with Crippen LogP contribution in [0.25, 0.3) is 0 Å². The van der Waals surface area contributed by atoms with Crippen molar-refractivity contribution in [1.82, 2.24) is 0 Å². The van der Waals surface area contributed by atoms with Gasteiger partial charge in [-0.3, -0.25) is 0 Å². The molecule has 1 aliphatic rings. The van der Waals surface area contributed by atoms with Gasteiger partial charge in [-0.25, -0.2) is 0 Å². The van der Waals surface area contributed by atoms with Crippen molar-refractivity contribution in [3.63, 3.8) is 0 Å². The molecular weight excluding hydrogens is 296 g/mol. The molecule has 1 unspecified atom stereocenters. The highest BCUT2D eigenvalue weighted by Gasteiger charge is 2.32. The van der Waals surface area contributed by atoms with E-state index in [2.05, 4.69) is 39.8 Å². The Morgan fingerprint density at radius 2 is 1.96 bits per heavy atom. The highest BCUT2D eigenvalue weighted by atomic mass is 16.5. The Hall–Kier alpha value is -1.70. The summed E-state index contributed by atoms with van der Waals surface area (Å²) in [5.74, 6) is 1.24. The van der Waals surface area contributed by atoms with Crippen molar-refractivity contribution >= 4 is 0 Å². The molecule has 132 valence electrons. The molecule has 2 rings (SSSR count). The minimum atomic E-state index is -0.135. The molecule has 0 bridgehead atoms. The molecule has 1 heterocycles. The van der Waals surface area contributed by atoms with E-state index >= 15 is 0 Å². The van der Waals surface area contributed by atoms with Gasteiger partial charge < -0.3 is 9.84 Å². The largest absolute Gasteiger partial charge is 0.508 e. The molecule has 0 aromatic heterocycles. The lowest BCUT2D eigenvalue weighted by molar-refractivity contribution is 0.0563. The SMILES string of the molecule is CC(C)=CCCC(C)=CCCC1(C)CCc2c(O)cc(C)cc2O1. The third-order valence-electron chi connectivity index (χ3n) is 4.85. The van der Waals surface area contributed by atoms with Crippen LogP contribution in [0.1, 0.15) is 70.9 Å². The molecule has 0 aliphatic carbocycles. The van der Waals surface area contributed by atoms with Crippen LogP contribution in [0, 0.1) is 6.92 Å². The van der Waals surface area contributed by atoms with Gasteiger partial charge in [0.25, 0.3) is 0 Å². The van der Waals surface area contributed by atoms with Gasteiger partial charge in [0.15, 0.2) is 0 Å². The number of aromatic hydroxyl groups is 1. The second-order valence-electron chi connectivity index (χ2n) is 7.72. The first-order valence-corrected chi connectivity index (χ1v) is 9.09. The van der Waals surface area contributed by atoms with E-state index in [4.69, 9.17) is 4.74 Å². The van der Waals surface area contributed by atoms with Crippen molar-refractivity contribution in [1.29, 1.82) is 0 Å². The molecule has 0 amide bonds. The van der Waals surface area contributed by atoms with Crippen LogP contribution in [0.3, 0.4) is 0 Å². The van der Waals surface area contributed by atoms with Crippen LogP contribution >= 0.6 is 0 Å². The Morgan fingerprint density at radius 3 is 2.67 bits per heavy atom. The number of hydrogen-bond donors (Lipinski definition) is 1. The molecule has 1 N–H and O–H groups in total. The summed E-state index contributed by atoms with van der Waals surface area (Å²) in [6, 6.07) is 3.87. The van der Waals surface area contributed by atoms with Crippen LogP contribution in [0.5, 0.6) is 11.5 Å². The maximum atomic E-state index is 10.1. The van der Waals surface area contributed by atoms with Crippen LogP contribution in [0.2, 0.25) is 0 Å². The van der Waals surface area contributed by atoms with Crippen molar-refractivity contribution in [2.75, 3.05) is 0 Å². The first kappa shape index (κ1) is 18.6. The molecule has 0 spiro atoms. The topological polar surface area (TPSA) is 29.5 Å². The number of fused-ring (bicyclic) bond motifs is 1. The molecule has 0 fully saturated rings. The second kappa shape index (κ2) is 7.92. The predicted octanol–water partition coefficient (Wildman–Crippen LogP) is 6.26. The van der Waals surface area contributed by atoms with Crippen molar-refractivity contribution in [3.8, 4) is 11.5 Å². The Morgan fingerprint density at radius 1 is 1.21 bits per heavy atom. The maximum Gasteiger partial charge on any atom is 0.127 e.